The van der Waals surface area contributed by atoms with E-state index in [1.54, 1.807) is 6.92 Å². The van der Waals surface area contributed by atoms with E-state index in [0.717, 1.165) is 4.57 Å². The van der Waals surface area contributed by atoms with E-state index in [-0.39, 0.29) is 29.4 Å². The number of carboxylic acid groups (broad SMARTS) is 1. The second kappa shape index (κ2) is 14.0. The number of pyridine rings is 1. The molecule has 0 spiro atoms. The molecule has 0 aliphatic carbocycles. The third-order valence-corrected chi connectivity index (χ3v) is 6.15. The summed E-state index contributed by atoms with van der Waals surface area (Å²) < 4.78 is 71.1. The molecule has 0 aliphatic rings. The molecular weight excluding hydrogens is 569 g/mol. The van der Waals surface area contributed by atoms with Crippen LogP contribution in [0.4, 0.5) is 18.9 Å². The van der Waals surface area contributed by atoms with Crippen molar-refractivity contribution in [2.45, 2.75) is 30.5 Å². The van der Waals surface area contributed by atoms with Crippen LogP contribution in [-0.2, 0) is 24.4 Å². The lowest BCUT2D eigenvalue weighted by Crippen LogP contribution is -2.38. The largest absolute Gasteiger partial charge is 0.493 e. The summed E-state index contributed by atoms with van der Waals surface area (Å²) in [5.41, 5.74) is 12.0. The average Bonchev–Trinajstić information content (AvgIpc) is 2.86. The zero-order chi connectivity index (χ0) is 30.8. The first kappa shape index (κ1) is 33.5. The van der Waals surface area contributed by atoms with E-state index in [4.69, 9.17) is 41.1 Å². The van der Waals surface area contributed by atoms with E-state index < -0.39 is 45.6 Å². The molecule has 2 aromatic rings. The lowest BCUT2D eigenvalue weighted by molar-refractivity contribution is -0.192. The number of aromatic nitrogens is 1. The number of carboxylic acids is 1. The number of nitrogens with one attached hydrogen (secondary N) is 3. The summed E-state index contributed by atoms with van der Waals surface area (Å²) in [7, 11) is -1.41. The van der Waals surface area contributed by atoms with Gasteiger partial charge in [0.05, 0.1) is 25.7 Å². The number of hydrogen-bond donors (Lipinski definition) is 6. The van der Waals surface area contributed by atoms with Gasteiger partial charge in [0.25, 0.3) is 15.6 Å². The molecule has 1 atom stereocenters. The second-order valence-electron chi connectivity index (χ2n) is 7.56. The number of rotatable bonds is 11. The fraction of sp³-hybridized carbons (Fsp3) is 0.333. The Morgan fingerprint density at radius 2 is 1.70 bits per heavy atom. The minimum Gasteiger partial charge on any atom is -0.493 e. The van der Waals surface area contributed by atoms with Gasteiger partial charge in [0.2, 0.25) is 11.9 Å². The molecule has 222 valence electrons. The zero-order valence-corrected chi connectivity index (χ0v) is 22.1. The summed E-state index contributed by atoms with van der Waals surface area (Å²) in [6.45, 7) is 1.46. The number of sulfonamides is 1. The number of halogens is 3. The topological polar surface area (TPSA) is 238 Å². The maximum absolute atomic E-state index is 13.1. The SMILES string of the molecule is COc1ccc(S(=O)(=O)Nc2ccc(C)n(C(CCONC(=N)N)C(N)=O)c2=O)cc1OC.O=C(O)C(F)(F)F. The molecule has 0 aliphatic heterocycles. The number of nitrogens with two attached hydrogens (primary N) is 2. The van der Waals surface area contributed by atoms with E-state index in [1.165, 1.54) is 44.6 Å². The van der Waals surface area contributed by atoms with Crippen LogP contribution in [0.25, 0.3) is 0 Å². The van der Waals surface area contributed by atoms with Crippen LogP contribution in [0.1, 0.15) is 18.2 Å². The van der Waals surface area contributed by atoms with Crippen LogP contribution in [0.5, 0.6) is 11.5 Å². The zero-order valence-electron chi connectivity index (χ0n) is 21.2. The lowest BCUT2D eigenvalue weighted by Gasteiger charge is -2.20. The normalized spacial score (nSPS) is 11.8. The Kier molecular flexibility index (Phi) is 11.8. The van der Waals surface area contributed by atoms with E-state index in [9.17, 15) is 31.2 Å². The van der Waals surface area contributed by atoms with Crippen LogP contribution in [0, 0.1) is 12.3 Å². The lowest BCUT2D eigenvalue weighted by atomic mass is 10.1. The molecule has 1 aromatic heterocycles. The number of methoxy groups -OCH3 is 2. The van der Waals surface area contributed by atoms with Crippen molar-refractivity contribution < 1.29 is 50.6 Å². The molecule has 0 fully saturated rings. The number of carbonyl (C=O) groups is 2. The van der Waals surface area contributed by atoms with Crippen LogP contribution in [0.2, 0.25) is 0 Å². The number of anilines is 1. The fourth-order valence-electron chi connectivity index (χ4n) is 3.00. The number of guanidine groups is 1. The Bertz CT molecular complexity index is 1400. The van der Waals surface area contributed by atoms with Crippen molar-refractivity contribution in [3.8, 4) is 11.5 Å². The highest BCUT2D eigenvalue weighted by atomic mass is 32.2. The monoisotopic (exact) mass is 596 g/mol. The number of amides is 1. The highest BCUT2D eigenvalue weighted by Gasteiger charge is 2.38. The first-order valence-corrected chi connectivity index (χ1v) is 12.2. The smallest absolute Gasteiger partial charge is 0.490 e. The minimum absolute atomic E-state index is 0.0394. The predicted octanol–water partition coefficient (Wildman–Crippen LogP) is 0.439. The summed E-state index contributed by atoms with van der Waals surface area (Å²) in [5.74, 6) is -3.50. The molecule has 40 heavy (non-hydrogen) atoms. The van der Waals surface area contributed by atoms with Gasteiger partial charge in [-0.05, 0) is 31.2 Å². The van der Waals surface area contributed by atoms with Crippen molar-refractivity contribution in [3.05, 3.63) is 46.4 Å². The molecular formula is C21H27F3N6O9S. The standard InChI is InChI=1S/C19H26N6O7S.C2HF3O2/c1-11-4-6-13(18(27)25(11)14(17(20)26)8-9-32-23-19(21)22)24-33(28,29)12-5-7-15(30-2)16(10-12)31-3;3-2(4,5)1(6)7/h4-7,10,14,24H,8-9H2,1-3H3,(H2,20,26)(H4,21,22,23);(H,6,7). The Balaban J connectivity index is 0.00000101. The number of nitrogens with zero attached hydrogens (tertiary/aromatic N) is 1. The molecule has 1 amide bonds. The van der Waals surface area contributed by atoms with Gasteiger partial charge < -0.3 is 26.0 Å². The van der Waals surface area contributed by atoms with E-state index >= 15 is 0 Å². The van der Waals surface area contributed by atoms with Crippen LogP contribution in [0.3, 0.4) is 0 Å². The Hall–Kier alpha value is -4.52. The molecule has 1 unspecified atom stereocenters. The molecule has 19 heteroatoms. The maximum Gasteiger partial charge on any atom is 0.490 e. The van der Waals surface area contributed by atoms with Crippen LogP contribution < -0.4 is 36.7 Å². The second-order valence-corrected chi connectivity index (χ2v) is 9.24. The first-order valence-electron chi connectivity index (χ1n) is 10.7. The van der Waals surface area contributed by atoms with Crippen molar-refractivity contribution in [3.63, 3.8) is 0 Å². The van der Waals surface area contributed by atoms with Gasteiger partial charge in [-0.3, -0.25) is 29.1 Å². The summed E-state index contributed by atoms with van der Waals surface area (Å²) in [6, 6.07) is 5.58. The van der Waals surface area contributed by atoms with Crippen LogP contribution in [-0.4, -0.2) is 62.9 Å². The highest BCUT2D eigenvalue weighted by molar-refractivity contribution is 7.92. The third-order valence-electron chi connectivity index (χ3n) is 4.79. The quantitative estimate of drug-likeness (QED) is 0.0900. The molecule has 0 radical (unpaired) electrons. The van der Waals surface area contributed by atoms with Crippen molar-refractivity contribution in [1.82, 2.24) is 10.0 Å². The van der Waals surface area contributed by atoms with E-state index in [0.29, 0.717) is 11.4 Å². The van der Waals surface area contributed by atoms with Gasteiger partial charge in [0, 0.05) is 18.2 Å². The molecule has 0 saturated heterocycles. The number of alkyl halides is 3. The van der Waals surface area contributed by atoms with Crippen molar-refractivity contribution >= 4 is 33.5 Å². The van der Waals surface area contributed by atoms with Gasteiger partial charge in [0.1, 0.15) is 11.7 Å². The minimum atomic E-state index is -5.08. The molecule has 1 heterocycles. The summed E-state index contributed by atoms with van der Waals surface area (Å²) in [5, 5.41) is 14.2. The van der Waals surface area contributed by atoms with Crippen LogP contribution >= 0.6 is 0 Å². The number of benzene rings is 1. The van der Waals surface area contributed by atoms with Gasteiger partial charge in [0.15, 0.2) is 11.5 Å². The molecule has 1 aromatic carbocycles. The molecule has 0 saturated carbocycles. The molecule has 8 N–H and O–H groups in total. The van der Waals surface area contributed by atoms with Crippen molar-refractivity contribution in [2.24, 2.45) is 11.5 Å². The number of primary amides is 1. The van der Waals surface area contributed by atoms with E-state index in [1.807, 2.05) is 0 Å². The molecule has 2 rings (SSSR count). The summed E-state index contributed by atoms with van der Waals surface area (Å²) >= 11 is 0. The number of hydrogen-bond acceptors (Lipinski definition) is 9. The molecule has 15 nitrogen and oxygen atoms in total. The average molecular weight is 597 g/mol. The van der Waals surface area contributed by atoms with Gasteiger partial charge in [-0.25, -0.2) is 18.7 Å². The number of carbonyl (C=O) groups excluding carboxylic acids is 1. The number of ether oxygens (including phenoxy) is 2. The number of aryl methyl sites for hydroxylation is 1. The third kappa shape index (κ3) is 9.34. The van der Waals surface area contributed by atoms with Gasteiger partial charge >= 0.3 is 12.1 Å². The Labute approximate surface area is 225 Å². The number of hydroxylamine groups is 1. The summed E-state index contributed by atoms with van der Waals surface area (Å²) in [4.78, 5) is 38.8. The Morgan fingerprint density at radius 1 is 1.12 bits per heavy atom. The van der Waals surface area contributed by atoms with E-state index in [2.05, 4.69) is 10.2 Å². The van der Waals surface area contributed by atoms with Crippen molar-refractivity contribution in [2.75, 3.05) is 25.5 Å². The fourth-order valence-corrected chi connectivity index (χ4v) is 4.07. The van der Waals surface area contributed by atoms with Crippen LogP contribution in [0.15, 0.2) is 40.0 Å². The molecule has 0 bridgehead atoms. The summed E-state index contributed by atoms with van der Waals surface area (Å²) in [6.07, 6.45) is -5.12. The maximum atomic E-state index is 13.1. The highest BCUT2D eigenvalue weighted by Crippen LogP contribution is 2.30. The first-order chi connectivity index (χ1) is 18.5. The Morgan fingerprint density at radius 3 is 2.17 bits per heavy atom. The van der Waals surface area contributed by atoms with Gasteiger partial charge in [-0.15, -0.1) is 0 Å². The van der Waals surface area contributed by atoms with Gasteiger partial charge in [-0.1, -0.05) is 0 Å². The van der Waals surface area contributed by atoms with Gasteiger partial charge in [-0.2, -0.15) is 13.2 Å². The predicted molar refractivity (Wildman–Crippen MR) is 133 cm³/mol. The van der Waals surface area contributed by atoms with Crippen molar-refractivity contribution in [1.29, 1.82) is 5.41 Å². The number of aliphatic carboxylic acids is 1.